The third-order valence-corrected chi connectivity index (χ3v) is 4.54. The summed E-state index contributed by atoms with van der Waals surface area (Å²) in [5.74, 6) is 0.600. The molecule has 1 fully saturated rings. The van der Waals surface area contributed by atoms with Crippen molar-refractivity contribution in [3.05, 3.63) is 35.8 Å². The van der Waals surface area contributed by atoms with Gasteiger partial charge in [0.1, 0.15) is 0 Å². The van der Waals surface area contributed by atoms with Crippen molar-refractivity contribution in [3.63, 3.8) is 0 Å². The van der Waals surface area contributed by atoms with Crippen LogP contribution in [-0.2, 0) is 12.1 Å². The highest BCUT2D eigenvalue weighted by Gasteiger charge is 2.20. The average molecular weight is 357 g/mol. The Labute approximate surface area is 154 Å². The van der Waals surface area contributed by atoms with Gasteiger partial charge in [-0.3, -0.25) is 14.4 Å². The molecule has 0 spiro atoms. The van der Waals surface area contributed by atoms with E-state index < -0.39 is 0 Å². The summed E-state index contributed by atoms with van der Waals surface area (Å²) in [6.45, 7) is 11.1. The van der Waals surface area contributed by atoms with Crippen LogP contribution >= 0.6 is 0 Å². The fraction of sp³-hybridized carbons (Fsp3) is 0.556. The molecule has 2 aromatic heterocycles. The highest BCUT2D eigenvalue weighted by Crippen LogP contribution is 2.17. The van der Waals surface area contributed by atoms with Crippen LogP contribution in [0.25, 0.3) is 0 Å². The molecule has 1 amide bonds. The van der Waals surface area contributed by atoms with Crippen molar-refractivity contribution in [2.45, 2.75) is 32.9 Å². The van der Waals surface area contributed by atoms with E-state index in [1.165, 1.54) is 5.56 Å². The van der Waals surface area contributed by atoms with Crippen molar-refractivity contribution in [2.24, 2.45) is 0 Å². The van der Waals surface area contributed by atoms with E-state index >= 15 is 0 Å². The van der Waals surface area contributed by atoms with E-state index in [1.807, 2.05) is 16.9 Å². The van der Waals surface area contributed by atoms with Gasteiger partial charge in [-0.15, -0.1) is 10.2 Å². The normalized spacial score (nSPS) is 15.9. The lowest BCUT2D eigenvalue weighted by atomic mass is 10.1. The molecule has 0 atom stereocenters. The minimum absolute atomic E-state index is 0.0104. The zero-order chi connectivity index (χ0) is 18.7. The van der Waals surface area contributed by atoms with Crippen LogP contribution in [0, 0.1) is 0 Å². The van der Waals surface area contributed by atoms with E-state index in [0.717, 1.165) is 38.5 Å². The fourth-order valence-corrected chi connectivity index (χ4v) is 2.94. The zero-order valence-electron chi connectivity index (χ0n) is 15.9. The summed E-state index contributed by atoms with van der Waals surface area (Å²) in [7, 11) is 1.59. The standard InChI is InChI=1S/C18H27N7O/c1-18(2,3)25-13-14(11-20-25)12-23-7-9-24(10-8-23)16-6-5-15(21-22-16)17(26)19-4/h5-6,11,13H,7-10,12H2,1-4H3,(H,19,26). The highest BCUT2D eigenvalue weighted by molar-refractivity contribution is 5.91. The molecule has 1 aliphatic rings. The summed E-state index contributed by atoms with van der Waals surface area (Å²) in [6, 6.07) is 3.58. The third-order valence-electron chi connectivity index (χ3n) is 4.54. The van der Waals surface area contributed by atoms with Crippen LogP contribution in [0.4, 0.5) is 5.82 Å². The Morgan fingerprint density at radius 1 is 1.15 bits per heavy atom. The predicted molar refractivity (Wildman–Crippen MR) is 100 cm³/mol. The van der Waals surface area contributed by atoms with Crippen molar-refractivity contribution in [1.82, 2.24) is 30.2 Å². The maximum absolute atomic E-state index is 11.5. The van der Waals surface area contributed by atoms with Crippen LogP contribution in [0.1, 0.15) is 36.8 Å². The smallest absolute Gasteiger partial charge is 0.271 e. The van der Waals surface area contributed by atoms with Gasteiger partial charge < -0.3 is 10.2 Å². The Morgan fingerprint density at radius 2 is 1.88 bits per heavy atom. The Morgan fingerprint density at radius 3 is 2.42 bits per heavy atom. The van der Waals surface area contributed by atoms with E-state index in [1.54, 1.807) is 13.1 Å². The molecule has 26 heavy (non-hydrogen) atoms. The van der Waals surface area contributed by atoms with E-state index in [0.29, 0.717) is 5.69 Å². The molecule has 1 saturated heterocycles. The number of carbonyl (C=O) groups excluding carboxylic acids is 1. The molecule has 0 aliphatic carbocycles. The summed E-state index contributed by atoms with van der Waals surface area (Å²) < 4.78 is 2.02. The van der Waals surface area contributed by atoms with Crippen molar-refractivity contribution in [2.75, 3.05) is 38.1 Å². The van der Waals surface area contributed by atoms with Gasteiger partial charge in [0.2, 0.25) is 0 Å². The number of nitrogens with one attached hydrogen (secondary N) is 1. The number of anilines is 1. The van der Waals surface area contributed by atoms with E-state index in [2.05, 4.69) is 57.4 Å². The van der Waals surface area contributed by atoms with Crippen LogP contribution in [0.3, 0.4) is 0 Å². The van der Waals surface area contributed by atoms with Gasteiger partial charge in [-0.25, -0.2) is 0 Å². The lowest BCUT2D eigenvalue weighted by Gasteiger charge is -2.34. The van der Waals surface area contributed by atoms with Gasteiger partial charge >= 0.3 is 0 Å². The largest absolute Gasteiger partial charge is 0.354 e. The van der Waals surface area contributed by atoms with Gasteiger partial charge in [0.15, 0.2) is 11.5 Å². The quantitative estimate of drug-likeness (QED) is 0.883. The molecule has 1 N–H and O–H groups in total. The number of hydrogen-bond donors (Lipinski definition) is 1. The number of piperazine rings is 1. The molecule has 8 nitrogen and oxygen atoms in total. The minimum Gasteiger partial charge on any atom is -0.354 e. The summed E-state index contributed by atoms with van der Waals surface area (Å²) in [4.78, 5) is 16.2. The number of aromatic nitrogens is 4. The van der Waals surface area contributed by atoms with Gasteiger partial charge in [0.25, 0.3) is 5.91 Å². The van der Waals surface area contributed by atoms with Gasteiger partial charge in [0.05, 0.1) is 11.7 Å². The lowest BCUT2D eigenvalue weighted by Crippen LogP contribution is -2.46. The molecule has 0 bridgehead atoms. The second kappa shape index (κ2) is 7.41. The third kappa shape index (κ3) is 4.19. The number of nitrogens with zero attached hydrogens (tertiary/aromatic N) is 6. The average Bonchev–Trinajstić information content (AvgIpc) is 3.11. The number of rotatable bonds is 4. The molecule has 0 unspecified atom stereocenters. The Balaban J connectivity index is 1.54. The van der Waals surface area contributed by atoms with Crippen LogP contribution in [0.5, 0.6) is 0 Å². The van der Waals surface area contributed by atoms with E-state index in [4.69, 9.17) is 0 Å². The van der Waals surface area contributed by atoms with E-state index in [-0.39, 0.29) is 11.4 Å². The van der Waals surface area contributed by atoms with Crippen LogP contribution in [-0.4, -0.2) is 64.0 Å². The van der Waals surface area contributed by atoms with Gasteiger partial charge in [-0.1, -0.05) is 0 Å². The second-order valence-electron chi connectivity index (χ2n) is 7.58. The topological polar surface area (TPSA) is 79.2 Å². The molecule has 8 heteroatoms. The molecule has 2 aromatic rings. The first-order valence-corrected chi connectivity index (χ1v) is 8.94. The Hall–Kier alpha value is -2.48. The maximum atomic E-state index is 11.5. The summed E-state index contributed by atoms with van der Waals surface area (Å²) >= 11 is 0. The number of amides is 1. The molecular formula is C18H27N7O. The molecule has 3 rings (SSSR count). The van der Waals surface area contributed by atoms with Gasteiger partial charge in [0, 0.05) is 51.5 Å². The SMILES string of the molecule is CNC(=O)c1ccc(N2CCN(Cc3cnn(C(C)(C)C)c3)CC2)nn1. The molecule has 0 saturated carbocycles. The molecule has 0 radical (unpaired) electrons. The molecule has 1 aliphatic heterocycles. The summed E-state index contributed by atoms with van der Waals surface area (Å²) in [5, 5.41) is 15.2. The molecular weight excluding hydrogens is 330 g/mol. The number of carbonyl (C=O) groups is 1. The van der Waals surface area contributed by atoms with E-state index in [9.17, 15) is 4.79 Å². The van der Waals surface area contributed by atoms with Crippen LogP contribution in [0.2, 0.25) is 0 Å². The highest BCUT2D eigenvalue weighted by atomic mass is 16.1. The monoisotopic (exact) mass is 357 g/mol. The van der Waals surface area contributed by atoms with Gasteiger partial charge in [-0.2, -0.15) is 5.10 Å². The number of hydrogen-bond acceptors (Lipinski definition) is 6. The first-order chi connectivity index (χ1) is 12.4. The fourth-order valence-electron chi connectivity index (χ4n) is 2.94. The molecule has 3 heterocycles. The predicted octanol–water partition coefficient (Wildman–Crippen LogP) is 1.11. The molecule has 140 valence electrons. The van der Waals surface area contributed by atoms with Crippen LogP contribution in [0.15, 0.2) is 24.5 Å². The van der Waals surface area contributed by atoms with Crippen LogP contribution < -0.4 is 10.2 Å². The first kappa shape index (κ1) is 18.3. The maximum Gasteiger partial charge on any atom is 0.271 e. The zero-order valence-corrected chi connectivity index (χ0v) is 15.9. The first-order valence-electron chi connectivity index (χ1n) is 8.94. The Bertz CT molecular complexity index is 740. The van der Waals surface area contributed by atoms with Crippen molar-refractivity contribution in [3.8, 4) is 0 Å². The minimum atomic E-state index is -0.218. The lowest BCUT2D eigenvalue weighted by molar-refractivity contribution is 0.0957. The summed E-state index contributed by atoms with van der Waals surface area (Å²) in [6.07, 6.45) is 4.09. The Kier molecular flexibility index (Phi) is 5.22. The van der Waals surface area contributed by atoms with Crippen molar-refractivity contribution >= 4 is 11.7 Å². The van der Waals surface area contributed by atoms with Crippen molar-refractivity contribution < 1.29 is 4.79 Å². The van der Waals surface area contributed by atoms with Crippen molar-refractivity contribution in [1.29, 1.82) is 0 Å². The van der Waals surface area contributed by atoms with Gasteiger partial charge in [-0.05, 0) is 32.9 Å². The molecule has 0 aromatic carbocycles. The summed E-state index contributed by atoms with van der Waals surface area (Å²) in [5.41, 5.74) is 1.59. The second-order valence-corrected chi connectivity index (χ2v) is 7.58.